The molecule has 0 N–H and O–H groups in total. The van der Waals surface area contributed by atoms with Crippen LogP contribution in [0.15, 0.2) is 54.6 Å². The van der Waals surface area contributed by atoms with Crippen LogP contribution in [0.4, 0.5) is 0 Å². The summed E-state index contributed by atoms with van der Waals surface area (Å²) >= 11 is 11.9. The van der Waals surface area contributed by atoms with E-state index in [1.54, 1.807) is 49.6 Å². The summed E-state index contributed by atoms with van der Waals surface area (Å²) in [5.74, 6) is 1.00. The summed E-state index contributed by atoms with van der Waals surface area (Å²) in [6, 6.07) is 16.8. The zero-order valence-electron chi connectivity index (χ0n) is 18.0. The summed E-state index contributed by atoms with van der Waals surface area (Å²) in [5, 5.41) is 10.3. The van der Waals surface area contributed by atoms with Crippen LogP contribution in [0.2, 0.25) is 10.0 Å². The number of benzene rings is 3. The highest BCUT2D eigenvalue weighted by Crippen LogP contribution is 2.33. The summed E-state index contributed by atoms with van der Waals surface area (Å²) in [6.45, 7) is 0. The minimum atomic E-state index is -0.613. The molecule has 3 rings (SSSR count). The van der Waals surface area contributed by atoms with Crippen LogP contribution < -0.4 is 18.9 Å². The van der Waals surface area contributed by atoms with Crippen LogP contribution in [0.5, 0.6) is 23.0 Å². The number of esters is 1. The number of allylic oxidation sites excluding steroid dienone is 1. The van der Waals surface area contributed by atoms with Crippen molar-refractivity contribution in [2.75, 3.05) is 21.3 Å². The van der Waals surface area contributed by atoms with E-state index in [2.05, 4.69) is 6.07 Å². The largest absolute Gasteiger partial charge is 0.493 e. The molecular formula is C25H19Cl2NO5. The third kappa shape index (κ3) is 5.58. The molecule has 0 aliphatic rings. The average molecular weight is 484 g/mol. The average Bonchev–Trinajstić information content (AvgIpc) is 2.84. The van der Waals surface area contributed by atoms with Gasteiger partial charge in [-0.3, -0.25) is 0 Å². The van der Waals surface area contributed by atoms with Crippen LogP contribution in [-0.2, 0) is 0 Å². The number of hydrogen-bond donors (Lipinski definition) is 0. The molecule has 0 radical (unpaired) electrons. The van der Waals surface area contributed by atoms with Crippen molar-refractivity contribution in [1.82, 2.24) is 0 Å². The van der Waals surface area contributed by atoms with E-state index in [-0.39, 0.29) is 16.3 Å². The van der Waals surface area contributed by atoms with Crippen LogP contribution >= 0.6 is 23.2 Å². The van der Waals surface area contributed by atoms with Crippen LogP contribution in [0.3, 0.4) is 0 Å². The SMILES string of the molecule is COc1ccc(/C(C#N)=C\c2ccc(OC(=O)c3ccc(Cl)c(Cl)c3)c(OC)c2)cc1OC. The molecule has 8 heteroatoms. The highest BCUT2D eigenvalue weighted by atomic mass is 35.5. The fourth-order valence-electron chi connectivity index (χ4n) is 2.99. The van der Waals surface area contributed by atoms with Gasteiger partial charge in [0.2, 0.25) is 0 Å². The van der Waals surface area contributed by atoms with Gasteiger partial charge in [-0.05, 0) is 65.7 Å². The van der Waals surface area contributed by atoms with Gasteiger partial charge in [0.15, 0.2) is 23.0 Å². The first-order valence-corrected chi connectivity index (χ1v) is 10.3. The van der Waals surface area contributed by atoms with Crippen LogP contribution in [0.1, 0.15) is 21.5 Å². The molecule has 0 bridgehead atoms. The second-order valence-corrected chi connectivity index (χ2v) is 7.48. The molecule has 0 aliphatic carbocycles. The molecule has 3 aromatic carbocycles. The molecule has 0 atom stereocenters. The molecule has 33 heavy (non-hydrogen) atoms. The van der Waals surface area contributed by atoms with Gasteiger partial charge in [-0.25, -0.2) is 4.79 Å². The maximum absolute atomic E-state index is 12.5. The predicted octanol–water partition coefficient (Wildman–Crippen LogP) is 6.30. The van der Waals surface area contributed by atoms with Gasteiger partial charge in [0.25, 0.3) is 0 Å². The van der Waals surface area contributed by atoms with E-state index in [1.165, 1.54) is 32.4 Å². The summed E-state index contributed by atoms with van der Waals surface area (Å²) in [4.78, 5) is 12.5. The molecule has 6 nitrogen and oxygen atoms in total. The van der Waals surface area contributed by atoms with E-state index in [0.717, 1.165) is 0 Å². The van der Waals surface area contributed by atoms with Crippen molar-refractivity contribution in [2.24, 2.45) is 0 Å². The summed E-state index contributed by atoms with van der Waals surface area (Å²) in [6.07, 6.45) is 1.69. The molecule has 3 aromatic rings. The molecule has 0 saturated carbocycles. The van der Waals surface area contributed by atoms with Crippen molar-refractivity contribution >= 4 is 40.8 Å². The second kappa shape index (κ2) is 10.8. The highest BCUT2D eigenvalue weighted by Gasteiger charge is 2.15. The molecule has 0 fully saturated rings. The van der Waals surface area contributed by atoms with Crippen LogP contribution in [0.25, 0.3) is 11.6 Å². The lowest BCUT2D eigenvalue weighted by Crippen LogP contribution is -2.09. The van der Waals surface area contributed by atoms with E-state index in [9.17, 15) is 10.1 Å². The number of methoxy groups -OCH3 is 3. The summed E-state index contributed by atoms with van der Waals surface area (Å²) < 4.78 is 21.4. The van der Waals surface area contributed by atoms with Crippen molar-refractivity contribution in [3.63, 3.8) is 0 Å². The zero-order valence-corrected chi connectivity index (χ0v) is 19.5. The molecule has 168 valence electrons. The Kier molecular flexibility index (Phi) is 7.83. The van der Waals surface area contributed by atoms with E-state index in [4.69, 9.17) is 42.1 Å². The first-order valence-electron chi connectivity index (χ1n) is 9.59. The fourth-order valence-corrected chi connectivity index (χ4v) is 3.29. The Labute approximate surface area is 201 Å². The van der Waals surface area contributed by atoms with Gasteiger partial charge in [0, 0.05) is 0 Å². The molecule has 0 saturated heterocycles. The second-order valence-electron chi connectivity index (χ2n) is 6.67. The lowest BCUT2D eigenvalue weighted by molar-refractivity contribution is 0.0729. The van der Waals surface area contributed by atoms with Crippen LogP contribution in [0, 0.1) is 11.3 Å². The zero-order chi connectivity index (χ0) is 24.0. The molecule has 0 aliphatic heterocycles. The van der Waals surface area contributed by atoms with Crippen molar-refractivity contribution in [3.05, 3.63) is 81.3 Å². The van der Waals surface area contributed by atoms with E-state index < -0.39 is 5.97 Å². The summed E-state index contributed by atoms with van der Waals surface area (Å²) in [7, 11) is 4.53. The maximum Gasteiger partial charge on any atom is 0.343 e. The Hall–Kier alpha value is -3.66. The van der Waals surface area contributed by atoms with Crippen molar-refractivity contribution in [2.45, 2.75) is 0 Å². The van der Waals surface area contributed by atoms with Crippen molar-refractivity contribution < 1.29 is 23.7 Å². The Morgan fingerprint density at radius 1 is 0.788 bits per heavy atom. The topological polar surface area (TPSA) is 77.8 Å². The van der Waals surface area contributed by atoms with Gasteiger partial charge < -0.3 is 18.9 Å². The first-order chi connectivity index (χ1) is 15.9. The molecule has 0 amide bonds. The number of ether oxygens (including phenoxy) is 4. The number of carbonyl (C=O) groups excluding carboxylic acids is 1. The Balaban J connectivity index is 1.89. The standard InChI is InChI=1S/C25H19Cl2NO5/c1-30-21-9-6-16(13-24(21)32-3)18(14-28)10-15-4-8-22(23(11-15)31-2)33-25(29)17-5-7-19(26)20(27)12-17/h4-13H,1-3H3/b18-10-. The minimum absolute atomic E-state index is 0.218. The van der Waals surface area contributed by atoms with Gasteiger partial charge in [0.1, 0.15) is 0 Å². The number of nitriles is 1. The third-order valence-corrected chi connectivity index (χ3v) is 5.41. The minimum Gasteiger partial charge on any atom is -0.493 e. The van der Waals surface area contributed by atoms with E-state index >= 15 is 0 Å². The van der Waals surface area contributed by atoms with E-state index in [0.29, 0.717) is 39.0 Å². The number of nitrogens with zero attached hydrogens (tertiary/aromatic N) is 1. The normalized spacial score (nSPS) is 10.8. The predicted molar refractivity (Wildman–Crippen MR) is 127 cm³/mol. The third-order valence-electron chi connectivity index (χ3n) is 4.67. The number of halogens is 2. The molecule has 0 heterocycles. The summed E-state index contributed by atoms with van der Waals surface area (Å²) in [5.41, 5.74) is 1.98. The molecule has 0 unspecified atom stereocenters. The van der Waals surface area contributed by atoms with E-state index in [1.807, 2.05) is 0 Å². The fraction of sp³-hybridized carbons (Fsp3) is 0.120. The number of carbonyl (C=O) groups is 1. The maximum atomic E-state index is 12.5. The van der Waals surface area contributed by atoms with Crippen molar-refractivity contribution in [3.8, 4) is 29.1 Å². The number of rotatable bonds is 7. The van der Waals surface area contributed by atoms with Crippen LogP contribution in [-0.4, -0.2) is 27.3 Å². The number of hydrogen-bond acceptors (Lipinski definition) is 6. The monoisotopic (exact) mass is 483 g/mol. The smallest absolute Gasteiger partial charge is 0.343 e. The van der Waals surface area contributed by atoms with Gasteiger partial charge in [0.05, 0.1) is 48.6 Å². The molecular weight excluding hydrogens is 465 g/mol. The Morgan fingerprint density at radius 3 is 2.06 bits per heavy atom. The van der Waals surface area contributed by atoms with Gasteiger partial charge in [-0.2, -0.15) is 5.26 Å². The lowest BCUT2D eigenvalue weighted by atomic mass is 10.0. The van der Waals surface area contributed by atoms with Gasteiger partial charge in [-0.15, -0.1) is 0 Å². The van der Waals surface area contributed by atoms with Crippen molar-refractivity contribution in [1.29, 1.82) is 5.26 Å². The first kappa shape index (κ1) is 24.0. The Morgan fingerprint density at radius 2 is 1.42 bits per heavy atom. The highest BCUT2D eigenvalue weighted by molar-refractivity contribution is 6.42. The quantitative estimate of drug-likeness (QED) is 0.170. The molecule has 0 spiro atoms. The molecule has 0 aromatic heterocycles. The lowest BCUT2D eigenvalue weighted by Gasteiger charge is -2.11. The Bertz CT molecular complexity index is 1260. The van der Waals surface area contributed by atoms with Gasteiger partial charge in [-0.1, -0.05) is 29.3 Å². The van der Waals surface area contributed by atoms with Gasteiger partial charge >= 0.3 is 5.97 Å².